The number of carboxylic acid groups (broad SMARTS) is 1. The maximum absolute atomic E-state index is 13.3. The maximum Gasteiger partial charge on any atom is 0.308 e. The Bertz CT molecular complexity index is 740. The van der Waals surface area contributed by atoms with Gasteiger partial charge in [-0.2, -0.15) is 0 Å². The number of carboxylic acids is 1. The third-order valence-electron chi connectivity index (χ3n) is 3.92. The van der Waals surface area contributed by atoms with Crippen molar-refractivity contribution in [1.82, 2.24) is 4.90 Å². The summed E-state index contributed by atoms with van der Waals surface area (Å²) < 4.78 is 14.0. The number of aliphatic carboxylic acids is 1. The van der Waals surface area contributed by atoms with Crippen LogP contribution in [0.3, 0.4) is 0 Å². The zero-order valence-corrected chi connectivity index (χ0v) is 12.2. The van der Waals surface area contributed by atoms with Gasteiger partial charge in [-0.15, -0.1) is 11.3 Å². The predicted octanol–water partition coefficient (Wildman–Crippen LogP) is 2.90. The molecule has 2 heterocycles. The third-order valence-corrected chi connectivity index (χ3v) is 5.16. The molecule has 0 aliphatic carbocycles. The molecule has 1 fully saturated rings. The molecule has 0 saturated carbocycles. The van der Waals surface area contributed by atoms with Crippen LogP contribution in [0.1, 0.15) is 21.7 Å². The number of carbonyl (C=O) groups is 2. The Morgan fingerprint density at radius 3 is 2.86 bits per heavy atom. The standard InChI is InChI=1S/C15H14FNO3S/c1-8-11-3-2-10(16)6-12(11)21-13(8)14(18)17-5-4-9(7-17)15(19)20/h2-3,6,9H,4-5,7H2,1H3,(H,19,20). The summed E-state index contributed by atoms with van der Waals surface area (Å²) in [7, 11) is 0. The van der Waals surface area contributed by atoms with Crippen molar-refractivity contribution in [2.24, 2.45) is 5.92 Å². The van der Waals surface area contributed by atoms with Gasteiger partial charge in [0.1, 0.15) is 5.82 Å². The molecule has 21 heavy (non-hydrogen) atoms. The molecule has 1 saturated heterocycles. The number of likely N-dealkylation sites (tertiary alicyclic amines) is 1. The second kappa shape index (κ2) is 5.11. The summed E-state index contributed by atoms with van der Waals surface area (Å²) in [6, 6.07) is 4.48. The van der Waals surface area contributed by atoms with Gasteiger partial charge in [-0.05, 0) is 36.4 Å². The average molecular weight is 307 g/mol. The summed E-state index contributed by atoms with van der Waals surface area (Å²) in [4.78, 5) is 25.7. The molecule has 2 aromatic rings. The van der Waals surface area contributed by atoms with Gasteiger partial charge in [0, 0.05) is 17.8 Å². The van der Waals surface area contributed by atoms with Gasteiger partial charge in [0.25, 0.3) is 5.91 Å². The number of fused-ring (bicyclic) bond motifs is 1. The van der Waals surface area contributed by atoms with Crippen molar-refractivity contribution in [3.8, 4) is 0 Å². The minimum atomic E-state index is -0.861. The highest BCUT2D eigenvalue weighted by Gasteiger charge is 2.32. The lowest BCUT2D eigenvalue weighted by molar-refractivity contribution is -0.141. The van der Waals surface area contributed by atoms with E-state index in [-0.39, 0.29) is 18.3 Å². The van der Waals surface area contributed by atoms with Crippen LogP contribution in [0.25, 0.3) is 10.1 Å². The van der Waals surface area contributed by atoms with Gasteiger partial charge in [-0.1, -0.05) is 6.07 Å². The highest BCUT2D eigenvalue weighted by molar-refractivity contribution is 7.21. The molecular formula is C15H14FNO3S. The van der Waals surface area contributed by atoms with Crippen LogP contribution in [0.2, 0.25) is 0 Å². The first-order valence-corrected chi connectivity index (χ1v) is 7.49. The predicted molar refractivity (Wildman–Crippen MR) is 78.2 cm³/mol. The molecule has 6 heteroatoms. The first-order valence-electron chi connectivity index (χ1n) is 6.68. The van der Waals surface area contributed by atoms with Gasteiger partial charge in [0.15, 0.2) is 0 Å². The second-order valence-electron chi connectivity index (χ2n) is 5.27. The quantitative estimate of drug-likeness (QED) is 0.928. The smallest absolute Gasteiger partial charge is 0.308 e. The molecule has 0 spiro atoms. The lowest BCUT2D eigenvalue weighted by Crippen LogP contribution is -2.29. The van der Waals surface area contributed by atoms with E-state index in [9.17, 15) is 14.0 Å². The molecule has 4 nitrogen and oxygen atoms in total. The lowest BCUT2D eigenvalue weighted by Gasteiger charge is -2.15. The van der Waals surface area contributed by atoms with Crippen LogP contribution in [0.5, 0.6) is 0 Å². The van der Waals surface area contributed by atoms with Gasteiger partial charge in [0.05, 0.1) is 10.8 Å². The average Bonchev–Trinajstić information content (AvgIpc) is 3.03. The highest BCUT2D eigenvalue weighted by atomic mass is 32.1. The van der Waals surface area contributed by atoms with E-state index in [0.717, 1.165) is 15.6 Å². The molecule has 0 bridgehead atoms. The van der Waals surface area contributed by atoms with Crippen molar-refractivity contribution in [2.45, 2.75) is 13.3 Å². The van der Waals surface area contributed by atoms with Crippen LogP contribution in [0.15, 0.2) is 18.2 Å². The number of hydrogen-bond donors (Lipinski definition) is 1. The second-order valence-corrected chi connectivity index (χ2v) is 6.32. The molecule has 1 unspecified atom stereocenters. The monoisotopic (exact) mass is 307 g/mol. The van der Waals surface area contributed by atoms with E-state index in [1.165, 1.54) is 23.5 Å². The molecule has 1 aliphatic heterocycles. The fourth-order valence-electron chi connectivity index (χ4n) is 2.69. The van der Waals surface area contributed by atoms with Crippen LogP contribution in [-0.4, -0.2) is 35.0 Å². The number of halogens is 1. The van der Waals surface area contributed by atoms with Crippen molar-refractivity contribution in [3.05, 3.63) is 34.5 Å². The van der Waals surface area contributed by atoms with Crippen molar-refractivity contribution >= 4 is 33.3 Å². The van der Waals surface area contributed by atoms with E-state index in [0.29, 0.717) is 17.8 Å². The number of hydrogen-bond acceptors (Lipinski definition) is 3. The van der Waals surface area contributed by atoms with Gasteiger partial charge in [-0.25, -0.2) is 4.39 Å². The molecule has 1 N–H and O–H groups in total. The van der Waals surface area contributed by atoms with Crippen LogP contribution in [0, 0.1) is 18.7 Å². The Hall–Kier alpha value is -1.95. The Labute approximate surface area is 124 Å². The number of aryl methyl sites for hydroxylation is 1. The van der Waals surface area contributed by atoms with E-state index >= 15 is 0 Å². The van der Waals surface area contributed by atoms with Gasteiger partial charge >= 0.3 is 5.97 Å². The summed E-state index contributed by atoms with van der Waals surface area (Å²) in [5.41, 5.74) is 0.832. The fraction of sp³-hybridized carbons (Fsp3) is 0.333. The minimum absolute atomic E-state index is 0.155. The molecule has 1 aromatic carbocycles. The van der Waals surface area contributed by atoms with Crippen LogP contribution in [0.4, 0.5) is 4.39 Å². The van der Waals surface area contributed by atoms with Crippen LogP contribution < -0.4 is 0 Å². The SMILES string of the molecule is Cc1c(C(=O)N2CCC(C(=O)O)C2)sc2cc(F)ccc12. The molecule has 1 amide bonds. The molecule has 1 atom stereocenters. The number of rotatable bonds is 2. The third kappa shape index (κ3) is 2.40. The van der Waals surface area contributed by atoms with Crippen LogP contribution >= 0.6 is 11.3 Å². The number of benzene rings is 1. The molecule has 3 rings (SSSR count). The first-order chi connectivity index (χ1) is 9.97. The Morgan fingerprint density at radius 1 is 1.43 bits per heavy atom. The van der Waals surface area contributed by atoms with E-state index in [4.69, 9.17) is 5.11 Å². The van der Waals surface area contributed by atoms with Crippen molar-refractivity contribution in [3.63, 3.8) is 0 Å². The maximum atomic E-state index is 13.3. The summed E-state index contributed by atoms with van der Waals surface area (Å²) in [6.45, 7) is 2.54. The Kier molecular flexibility index (Phi) is 3.41. The summed E-state index contributed by atoms with van der Waals surface area (Å²) in [6.07, 6.45) is 0.486. The zero-order valence-electron chi connectivity index (χ0n) is 11.4. The number of nitrogens with zero attached hydrogens (tertiary/aromatic N) is 1. The molecule has 1 aliphatic rings. The summed E-state index contributed by atoms with van der Waals surface area (Å²) in [5.74, 6) is -1.82. The van der Waals surface area contributed by atoms with Crippen molar-refractivity contribution in [1.29, 1.82) is 0 Å². The van der Waals surface area contributed by atoms with Gasteiger partial charge in [0.2, 0.25) is 0 Å². The molecular weight excluding hydrogens is 293 g/mol. The summed E-state index contributed by atoms with van der Waals surface area (Å²) >= 11 is 1.26. The lowest BCUT2D eigenvalue weighted by atomic mass is 10.1. The number of thiophene rings is 1. The normalized spacial score (nSPS) is 18.4. The van der Waals surface area contributed by atoms with Gasteiger partial charge in [-0.3, -0.25) is 9.59 Å². The topological polar surface area (TPSA) is 57.6 Å². The summed E-state index contributed by atoms with van der Waals surface area (Å²) in [5, 5.41) is 9.88. The molecule has 0 radical (unpaired) electrons. The first kappa shape index (κ1) is 14.0. The Balaban J connectivity index is 1.92. The highest BCUT2D eigenvalue weighted by Crippen LogP contribution is 2.33. The fourth-order valence-corrected chi connectivity index (χ4v) is 3.90. The minimum Gasteiger partial charge on any atom is -0.481 e. The Morgan fingerprint density at radius 2 is 2.19 bits per heavy atom. The van der Waals surface area contributed by atoms with Crippen LogP contribution in [-0.2, 0) is 4.79 Å². The van der Waals surface area contributed by atoms with Crippen molar-refractivity contribution in [2.75, 3.05) is 13.1 Å². The van der Waals surface area contributed by atoms with E-state index in [1.807, 2.05) is 6.92 Å². The molecule has 1 aromatic heterocycles. The zero-order chi connectivity index (χ0) is 15.1. The molecule has 110 valence electrons. The van der Waals surface area contributed by atoms with Gasteiger partial charge < -0.3 is 10.0 Å². The largest absolute Gasteiger partial charge is 0.481 e. The number of carbonyl (C=O) groups excluding carboxylic acids is 1. The number of amides is 1. The van der Waals surface area contributed by atoms with E-state index < -0.39 is 11.9 Å². The van der Waals surface area contributed by atoms with E-state index in [2.05, 4.69) is 0 Å². The van der Waals surface area contributed by atoms with E-state index in [1.54, 1.807) is 11.0 Å². The van der Waals surface area contributed by atoms with Crippen molar-refractivity contribution < 1.29 is 19.1 Å².